The molecule has 0 bridgehead atoms. The molecule has 0 saturated carbocycles. The number of anilines is 2. The number of hydrogen-bond acceptors (Lipinski definition) is 5. The van der Waals surface area contributed by atoms with Crippen molar-refractivity contribution < 1.29 is 17.5 Å². The number of ether oxygens (including phenoxy) is 1. The van der Waals surface area contributed by atoms with Crippen LogP contribution in [0.2, 0.25) is 0 Å². The van der Waals surface area contributed by atoms with Gasteiger partial charge in [0.1, 0.15) is 17.6 Å². The summed E-state index contributed by atoms with van der Waals surface area (Å²) < 4.78 is 47.6. The number of thiocarbonyl (C=S) groups is 1. The molecule has 0 spiro atoms. The first-order chi connectivity index (χ1) is 17.7. The summed E-state index contributed by atoms with van der Waals surface area (Å²) in [5.74, 6) is 0.000302. The van der Waals surface area contributed by atoms with Crippen LogP contribution in [0.4, 0.5) is 15.8 Å². The smallest absolute Gasteiger partial charge is 0.229 e. The summed E-state index contributed by atoms with van der Waals surface area (Å²) in [5, 5.41) is 3.85. The largest absolute Gasteiger partial charge is 0.494 e. The lowest BCUT2D eigenvalue weighted by Gasteiger charge is -2.29. The van der Waals surface area contributed by atoms with Crippen LogP contribution in [0.25, 0.3) is 5.69 Å². The molecule has 1 fully saturated rings. The average molecular weight is 538 g/mol. The number of pyridine rings is 1. The quantitative estimate of drug-likeness (QED) is 0.334. The van der Waals surface area contributed by atoms with Crippen molar-refractivity contribution >= 4 is 38.7 Å². The summed E-state index contributed by atoms with van der Waals surface area (Å²) in [7, 11) is -2.04. The van der Waals surface area contributed by atoms with Gasteiger partial charge in [0.25, 0.3) is 0 Å². The van der Waals surface area contributed by atoms with Crippen LogP contribution < -0.4 is 19.7 Å². The van der Waals surface area contributed by atoms with Gasteiger partial charge >= 0.3 is 0 Å². The van der Waals surface area contributed by atoms with Crippen LogP contribution in [0, 0.1) is 5.82 Å². The summed E-state index contributed by atoms with van der Waals surface area (Å²) in [6.07, 6.45) is 4.67. The first-order valence-electron chi connectivity index (χ1n) is 11.3. The van der Waals surface area contributed by atoms with Gasteiger partial charge in [0, 0.05) is 35.5 Å². The van der Waals surface area contributed by atoms with Crippen LogP contribution in [0.15, 0.2) is 85.2 Å². The molecule has 2 atom stereocenters. The van der Waals surface area contributed by atoms with E-state index < -0.39 is 10.0 Å². The Kier molecular flexibility index (Phi) is 6.57. The molecule has 4 aromatic rings. The first kappa shape index (κ1) is 24.7. The van der Waals surface area contributed by atoms with Crippen molar-refractivity contribution in [3.63, 3.8) is 0 Å². The molecule has 2 N–H and O–H groups in total. The first-order valence-corrected chi connectivity index (χ1v) is 13.6. The van der Waals surface area contributed by atoms with E-state index >= 15 is 0 Å². The number of aromatic nitrogens is 2. The SMILES string of the molecule is COc1cc(N2C(=S)NC(c3ccccn3)C2c2cccn2-c2cccc(F)c2)ccc1NS(C)(=O)=O. The third-order valence-electron chi connectivity index (χ3n) is 6.03. The van der Waals surface area contributed by atoms with Crippen molar-refractivity contribution in [3.8, 4) is 11.4 Å². The number of rotatable bonds is 7. The lowest BCUT2D eigenvalue weighted by Crippen LogP contribution is -2.30. The standard InChI is InChI=1S/C26H24FN5O3S2/c1-35-23-16-19(11-12-20(23)30-37(2,33)34)32-25(24(29-26(32)36)21-9-3-4-13-28-21)22-10-6-14-31(22)18-8-5-7-17(27)15-18/h3-16,24-25,30H,1-2H3,(H,29,36). The third kappa shape index (κ3) is 5.00. The number of methoxy groups -OCH3 is 1. The van der Waals surface area contributed by atoms with Crippen LogP contribution in [-0.2, 0) is 10.0 Å². The Labute approximate surface area is 219 Å². The van der Waals surface area contributed by atoms with Gasteiger partial charge in [0.15, 0.2) is 5.11 Å². The summed E-state index contributed by atoms with van der Waals surface area (Å²) in [4.78, 5) is 6.51. The monoisotopic (exact) mass is 537 g/mol. The van der Waals surface area contributed by atoms with Gasteiger partial charge in [-0.2, -0.15) is 0 Å². The molecule has 0 radical (unpaired) electrons. The molecule has 0 amide bonds. The second kappa shape index (κ2) is 9.83. The fraction of sp³-hybridized carbons (Fsp3) is 0.154. The number of halogens is 1. The van der Waals surface area contributed by atoms with E-state index in [2.05, 4.69) is 15.0 Å². The van der Waals surface area contributed by atoms with Crippen LogP contribution >= 0.6 is 12.2 Å². The summed E-state index contributed by atoms with van der Waals surface area (Å²) in [5.41, 5.74) is 3.30. The molecule has 0 aliphatic carbocycles. The molecule has 37 heavy (non-hydrogen) atoms. The zero-order valence-electron chi connectivity index (χ0n) is 20.0. The van der Waals surface area contributed by atoms with Crippen molar-refractivity contribution in [1.29, 1.82) is 0 Å². The molecule has 1 aliphatic heterocycles. The van der Waals surface area contributed by atoms with Crippen molar-refractivity contribution in [1.82, 2.24) is 14.9 Å². The number of sulfonamides is 1. The average Bonchev–Trinajstić information content (AvgIpc) is 3.48. The van der Waals surface area contributed by atoms with E-state index in [-0.39, 0.29) is 17.9 Å². The Hall–Kier alpha value is -3.96. The molecule has 1 saturated heterocycles. The number of nitrogens with one attached hydrogen (secondary N) is 2. The van der Waals surface area contributed by atoms with E-state index in [1.807, 2.05) is 52.1 Å². The molecule has 5 rings (SSSR count). The minimum absolute atomic E-state index is 0.313. The molecule has 190 valence electrons. The van der Waals surface area contributed by atoms with E-state index in [1.165, 1.54) is 19.2 Å². The van der Waals surface area contributed by atoms with Crippen molar-refractivity contribution in [2.24, 2.45) is 0 Å². The van der Waals surface area contributed by atoms with Crippen LogP contribution in [0.1, 0.15) is 23.5 Å². The molecule has 11 heteroatoms. The van der Waals surface area contributed by atoms with E-state index in [0.717, 1.165) is 17.6 Å². The molecular formula is C26H24FN5O3S2. The molecule has 2 aromatic carbocycles. The highest BCUT2D eigenvalue weighted by molar-refractivity contribution is 7.92. The van der Waals surface area contributed by atoms with Crippen molar-refractivity contribution in [2.75, 3.05) is 23.0 Å². The highest BCUT2D eigenvalue weighted by Crippen LogP contribution is 2.44. The lowest BCUT2D eigenvalue weighted by molar-refractivity contribution is 0.417. The fourth-order valence-corrected chi connectivity index (χ4v) is 5.46. The Morgan fingerprint density at radius 3 is 2.59 bits per heavy atom. The normalized spacial score (nSPS) is 17.5. The van der Waals surface area contributed by atoms with E-state index in [4.69, 9.17) is 17.0 Å². The topological polar surface area (TPSA) is 88.5 Å². The van der Waals surface area contributed by atoms with Crippen LogP contribution in [-0.4, -0.2) is 36.4 Å². The van der Waals surface area contributed by atoms with Crippen LogP contribution in [0.3, 0.4) is 0 Å². The molecular weight excluding hydrogens is 513 g/mol. The Morgan fingerprint density at radius 1 is 1.05 bits per heavy atom. The summed E-state index contributed by atoms with van der Waals surface area (Å²) in [6, 6.07) is 20.3. The van der Waals surface area contributed by atoms with Gasteiger partial charge in [-0.25, -0.2) is 12.8 Å². The zero-order valence-corrected chi connectivity index (χ0v) is 21.6. The lowest BCUT2D eigenvalue weighted by atomic mass is 10.0. The van der Waals surface area contributed by atoms with Gasteiger partial charge in [-0.1, -0.05) is 12.1 Å². The van der Waals surface area contributed by atoms with Gasteiger partial charge < -0.3 is 19.5 Å². The molecule has 3 heterocycles. The van der Waals surface area contributed by atoms with Gasteiger partial charge in [-0.05, 0) is 66.8 Å². The maximum atomic E-state index is 14.1. The Morgan fingerprint density at radius 2 is 1.89 bits per heavy atom. The highest BCUT2D eigenvalue weighted by Gasteiger charge is 2.42. The van der Waals surface area contributed by atoms with Gasteiger partial charge in [-0.15, -0.1) is 0 Å². The van der Waals surface area contributed by atoms with Crippen molar-refractivity contribution in [2.45, 2.75) is 12.1 Å². The molecule has 8 nitrogen and oxygen atoms in total. The van der Waals surface area contributed by atoms with E-state index in [0.29, 0.717) is 27.9 Å². The van der Waals surface area contributed by atoms with E-state index in [1.54, 1.807) is 30.5 Å². The minimum Gasteiger partial charge on any atom is -0.494 e. The summed E-state index contributed by atoms with van der Waals surface area (Å²) >= 11 is 5.80. The van der Waals surface area contributed by atoms with Gasteiger partial charge in [-0.3, -0.25) is 9.71 Å². The number of hydrogen-bond donors (Lipinski definition) is 2. The highest BCUT2D eigenvalue weighted by atomic mass is 32.2. The Balaban J connectivity index is 1.65. The third-order valence-corrected chi connectivity index (χ3v) is 6.93. The number of benzene rings is 2. The predicted molar refractivity (Wildman–Crippen MR) is 145 cm³/mol. The second-order valence-corrected chi connectivity index (χ2v) is 10.7. The number of nitrogens with zero attached hydrogens (tertiary/aromatic N) is 3. The van der Waals surface area contributed by atoms with Gasteiger partial charge in [0.2, 0.25) is 10.0 Å². The molecule has 1 aliphatic rings. The molecule has 2 aromatic heterocycles. The molecule has 2 unspecified atom stereocenters. The predicted octanol–water partition coefficient (Wildman–Crippen LogP) is 4.57. The van der Waals surface area contributed by atoms with Gasteiger partial charge in [0.05, 0.1) is 30.8 Å². The second-order valence-electron chi connectivity index (χ2n) is 8.54. The van der Waals surface area contributed by atoms with E-state index in [9.17, 15) is 12.8 Å². The van der Waals surface area contributed by atoms with Crippen molar-refractivity contribution in [3.05, 3.63) is 102 Å². The Bertz CT molecular complexity index is 1560. The van der Waals surface area contributed by atoms with Crippen LogP contribution in [0.5, 0.6) is 5.75 Å². The summed E-state index contributed by atoms with van der Waals surface area (Å²) in [6.45, 7) is 0. The maximum absolute atomic E-state index is 14.1. The minimum atomic E-state index is -3.51. The zero-order chi connectivity index (χ0) is 26.2. The fourth-order valence-electron chi connectivity index (χ4n) is 4.54. The maximum Gasteiger partial charge on any atom is 0.229 e.